The second-order valence-electron chi connectivity index (χ2n) is 5.26. The first-order chi connectivity index (χ1) is 8.57. The Bertz CT molecular complexity index is 202. The average Bonchev–Trinajstić information content (AvgIpc) is 2.34. The molecule has 0 spiro atoms. The Kier molecular flexibility index (Phi) is 11.2. The van der Waals surface area contributed by atoms with E-state index in [2.05, 4.69) is 6.92 Å². The van der Waals surface area contributed by atoms with Crippen molar-refractivity contribution in [3.8, 4) is 0 Å². The molecule has 0 fully saturated rings. The minimum atomic E-state index is -0.334. The van der Waals surface area contributed by atoms with Gasteiger partial charge in [0.2, 0.25) is 0 Å². The number of ether oxygens (including phenoxy) is 1. The summed E-state index contributed by atoms with van der Waals surface area (Å²) in [5.41, 5.74) is 0. The number of carbonyl (C=O) groups excluding carboxylic acids is 1. The van der Waals surface area contributed by atoms with Gasteiger partial charge < -0.3 is 9.84 Å². The quantitative estimate of drug-likeness (QED) is 0.454. The van der Waals surface area contributed by atoms with Gasteiger partial charge in [-0.3, -0.25) is 4.79 Å². The molecule has 3 heteroatoms. The zero-order valence-electron chi connectivity index (χ0n) is 12.3. The molecular weight excluding hydrogens is 228 g/mol. The number of aliphatic hydroxyl groups is 1. The Morgan fingerprint density at radius 3 is 2.28 bits per heavy atom. The van der Waals surface area contributed by atoms with Gasteiger partial charge in [-0.25, -0.2) is 0 Å². The van der Waals surface area contributed by atoms with Crippen LogP contribution in [-0.2, 0) is 9.53 Å². The van der Waals surface area contributed by atoms with Crippen LogP contribution in [-0.4, -0.2) is 23.8 Å². The molecule has 0 rings (SSSR count). The van der Waals surface area contributed by atoms with Gasteiger partial charge >= 0.3 is 5.97 Å². The molecule has 3 nitrogen and oxygen atoms in total. The maximum absolute atomic E-state index is 11.6. The van der Waals surface area contributed by atoms with E-state index in [1.807, 2.05) is 6.92 Å². The Labute approximate surface area is 112 Å². The second-order valence-corrected chi connectivity index (χ2v) is 5.26. The molecule has 0 aromatic heterocycles. The molecule has 108 valence electrons. The fourth-order valence-corrected chi connectivity index (χ4v) is 1.81. The zero-order chi connectivity index (χ0) is 13.8. The van der Waals surface area contributed by atoms with Crippen LogP contribution in [0.25, 0.3) is 0 Å². The molecule has 2 atom stereocenters. The Hall–Kier alpha value is -0.570. The minimum Gasteiger partial charge on any atom is -0.465 e. The van der Waals surface area contributed by atoms with E-state index in [0.717, 1.165) is 12.8 Å². The van der Waals surface area contributed by atoms with E-state index in [-0.39, 0.29) is 18.0 Å². The topological polar surface area (TPSA) is 46.5 Å². The highest BCUT2D eigenvalue weighted by Crippen LogP contribution is 2.11. The Morgan fingerprint density at radius 2 is 1.67 bits per heavy atom. The van der Waals surface area contributed by atoms with Crippen LogP contribution in [0.2, 0.25) is 0 Å². The predicted octanol–water partition coefficient (Wildman–Crippen LogP) is 3.69. The Balaban J connectivity index is 3.40. The van der Waals surface area contributed by atoms with Crippen LogP contribution < -0.4 is 0 Å². The van der Waals surface area contributed by atoms with Crippen molar-refractivity contribution in [1.82, 2.24) is 0 Å². The van der Waals surface area contributed by atoms with Gasteiger partial charge in [-0.15, -0.1) is 0 Å². The van der Waals surface area contributed by atoms with Gasteiger partial charge in [0.15, 0.2) is 0 Å². The average molecular weight is 258 g/mol. The summed E-state index contributed by atoms with van der Waals surface area (Å²) in [6.07, 6.45) is 8.23. The fraction of sp³-hybridized carbons (Fsp3) is 0.933. The standard InChI is InChI=1S/C15H30O3/c1-4-5-6-7-8-9-12-18-15(17)13(2)10-11-14(3)16/h13-14,16H,4-12H2,1-3H3. The van der Waals surface area contributed by atoms with Crippen molar-refractivity contribution in [2.75, 3.05) is 6.61 Å². The SMILES string of the molecule is CCCCCCCCOC(=O)C(C)CCC(C)O. The summed E-state index contributed by atoms with van der Waals surface area (Å²) in [7, 11) is 0. The predicted molar refractivity (Wildman–Crippen MR) is 74.4 cm³/mol. The van der Waals surface area contributed by atoms with Crippen molar-refractivity contribution in [2.45, 2.75) is 78.2 Å². The van der Waals surface area contributed by atoms with Crippen LogP contribution in [0.4, 0.5) is 0 Å². The summed E-state index contributed by atoms with van der Waals surface area (Å²) >= 11 is 0. The second kappa shape index (κ2) is 11.5. The molecule has 0 aromatic rings. The third-order valence-corrected chi connectivity index (χ3v) is 3.16. The van der Waals surface area contributed by atoms with Crippen molar-refractivity contribution >= 4 is 5.97 Å². The van der Waals surface area contributed by atoms with Gasteiger partial charge in [0.1, 0.15) is 0 Å². The number of hydrogen-bond donors (Lipinski definition) is 1. The minimum absolute atomic E-state index is 0.0975. The van der Waals surface area contributed by atoms with Gasteiger partial charge in [-0.2, -0.15) is 0 Å². The van der Waals surface area contributed by atoms with Gasteiger partial charge in [0.05, 0.1) is 18.6 Å². The molecule has 0 bridgehead atoms. The van der Waals surface area contributed by atoms with Gasteiger partial charge in [-0.05, 0) is 26.2 Å². The molecule has 2 unspecified atom stereocenters. The third-order valence-electron chi connectivity index (χ3n) is 3.16. The first kappa shape index (κ1) is 17.4. The van der Waals surface area contributed by atoms with E-state index in [4.69, 9.17) is 9.84 Å². The van der Waals surface area contributed by atoms with E-state index in [0.29, 0.717) is 19.4 Å². The number of hydrogen-bond acceptors (Lipinski definition) is 3. The molecule has 0 aliphatic heterocycles. The Morgan fingerprint density at radius 1 is 1.06 bits per heavy atom. The molecule has 0 saturated carbocycles. The van der Waals surface area contributed by atoms with Crippen LogP contribution in [0.15, 0.2) is 0 Å². The maximum Gasteiger partial charge on any atom is 0.308 e. The lowest BCUT2D eigenvalue weighted by molar-refractivity contribution is -0.148. The number of aliphatic hydroxyl groups excluding tert-OH is 1. The first-order valence-corrected chi connectivity index (χ1v) is 7.42. The van der Waals surface area contributed by atoms with Crippen LogP contribution in [0.1, 0.15) is 72.1 Å². The maximum atomic E-state index is 11.6. The van der Waals surface area contributed by atoms with Crippen molar-refractivity contribution < 1.29 is 14.6 Å². The van der Waals surface area contributed by atoms with Crippen LogP contribution in [0.5, 0.6) is 0 Å². The highest BCUT2D eigenvalue weighted by molar-refractivity contribution is 5.71. The lowest BCUT2D eigenvalue weighted by atomic mass is 10.0. The van der Waals surface area contributed by atoms with E-state index < -0.39 is 0 Å². The smallest absolute Gasteiger partial charge is 0.308 e. The lowest BCUT2D eigenvalue weighted by Crippen LogP contribution is -2.17. The molecule has 18 heavy (non-hydrogen) atoms. The van der Waals surface area contributed by atoms with E-state index in [1.54, 1.807) is 6.92 Å². The molecule has 1 N–H and O–H groups in total. The van der Waals surface area contributed by atoms with Gasteiger partial charge in [0.25, 0.3) is 0 Å². The summed E-state index contributed by atoms with van der Waals surface area (Å²) in [6.45, 7) is 6.36. The molecule has 0 radical (unpaired) electrons. The van der Waals surface area contributed by atoms with E-state index in [9.17, 15) is 4.79 Å². The molecule has 0 aliphatic rings. The molecule has 0 saturated heterocycles. The summed E-state index contributed by atoms with van der Waals surface area (Å²) in [5.74, 6) is -0.219. The summed E-state index contributed by atoms with van der Waals surface area (Å²) in [4.78, 5) is 11.6. The molecular formula is C15H30O3. The van der Waals surface area contributed by atoms with Crippen LogP contribution >= 0.6 is 0 Å². The van der Waals surface area contributed by atoms with E-state index in [1.165, 1.54) is 25.7 Å². The normalized spacial score (nSPS) is 14.2. The third kappa shape index (κ3) is 10.6. The van der Waals surface area contributed by atoms with Crippen molar-refractivity contribution in [1.29, 1.82) is 0 Å². The molecule has 0 amide bonds. The number of esters is 1. The van der Waals surface area contributed by atoms with Gasteiger partial charge in [0, 0.05) is 0 Å². The highest BCUT2D eigenvalue weighted by Gasteiger charge is 2.14. The summed E-state index contributed by atoms with van der Waals surface area (Å²) < 4.78 is 5.22. The fourth-order valence-electron chi connectivity index (χ4n) is 1.81. The number of unbranched alkanes of at least 4 members (excludes halogenated alkanes) is 5. The van der Waals surface area contributed by atoms with E-state index >= 15 is 0 Å². The van der Waals surface area contributed by atoms with Crippen LogP contribution in [0.3, 0.4) is 0 Å². The number of rotatable bonds is 11. The van der Waals surface area contributed by atoms with Gasteiger partial charge in [-0.1, -0.05) is 46.0 Å². The first-order valence-electron chi connectivity index (χ1n) is 7.42. The zero-order valence-corrected chi connectivity index (χ0v) is 12.3. The monoisotopic (exact) mass is 258 g/mol. The molecule has 0 aliphatic carbocycles. The van der Waals surface area contributed by atoms with Crippen molar-refractivity contribution in [2.24, 2.45) is 5.92 Å². The summed E-state index contributed by atoms with van der Waals surface area (Å²) in [6, 6.07) is 0. The lowest BCUT2D eigenvalue weighted by Gasteiger charge is -2.12. The highest BCUT2D eigenvalue weighted by atomic mass is 16.5. The van der Waals surface area contributed by atoms with Crippen molar-refractivity contribution in [3.63, 3.8) is 0 Å². The van der Waals surface area contributed by atoms with Crippen molar-refractivity contribution in [3.05, 3.63) is 0 Å². The molecule has 0 heterocycles. The number of carbonyl (C=O) groups is 1. The molecule has 0 aromatic carbocycles. The van der Waals surface area contributed by atoms with Crippen LogP contribution in [0, 0.1) is 5.92 Å². The summed E-state index contributed by atoms with van der Waals surface area (Å²) in [5, 5.41) is 9.15. The largest absolute Gasteiger partial charge is 0.465 e.